The van der Waals surface area contributed by atoms with Crippen LogP contribution in [0.3, 0.4) is 0 Å². The van der Waals surface area contributed by atoms with E-state index in [1.807, 2.05) is 29.6 Å². The second-order valence-electron chi connectivity index (χ2n) is 9.53. The van der Waals surface area contributed by atoms with E-state index in [4.69, 9.17) is 15.9 Å². The molecule has 0 saturated heterocycles. The average Bonchev–Trinajstić information content (AvgIpc) is 3.30. The number of rotatable bonds is 16. The minimum atomic E-state index is -1.80. The monoisotopic (exact) mass is 561 g/mol. The number of hydrogen-bond donors (Lipinski definition) is 8. The van der Waals surface area contributed by atoms with Crippen molar-refractivity contribution >= 4 is 46.5 Å². The van der Waals surface area contributed by atoms with Crippen molar-refractivity contribution in [2.24, 2.45) is 11.7 Å². The number of hydrogen-bond acceptors (Lipinski definition) is 7. The fraction of sp³-hybridized carbons (Fsp3) is 0.462. The summed E-state index contributed by atoms with van der Waals surface area (Å²) in [7, 11) is 0. The van der Waals surface area contributed by atoms with Crippen molar-refractivity contribution in [3.63, 3.8) is 0 Å². The van der Waals surface area contributed by atoms with Crippen LogP contribution in [-0.2, 0) is 35.2 Å². The molecular formula is C26H35N5O9. The van der Waals surface area contributed by atoms with E-state index < -0.39 is 85.0 Å². The first kappa shape index (κ1) is 31.8. The molecular weight excluding hydrogens is 526 g/mol. The Balaban J connectivity index is 2.17. The molecule has 2 aromatic rings. The van der Waals surface area contributed by atoms with Gasteiger partial charge in [0.2, 0.25) is 17.7 Å². The Labute approximate surface area is 229 Å². The summed E-state index contributed by atoms with van der Waals surface area (Å²) in [6, 6.07) is 2.00. The van der Waals surface area contributed by atoms with Crippen LogP contribution in [0.15, 0.2) is 30.5 Å². The number of H-pyrrole nitrogens is 1. The lowest BCUT2D eigenvalue weighted by Crippen LogP contribution is -2.59. The van der Waals surface area contributed by atoms with Crippen molar-refractivity contribution < 1.29 is 44.1 Å². The highest BCUT2D eigenvalue weighted by molar-refractivity contribution is 5.95. The van der Waals surface area contributed by atoms with Crippen LogP contribution in [0.2, 0.25) is 0 Å². The fourth-order valence-corrected chi connectivity index (χ4v) is 4.04. The minimum Gasteiger partial charge on any atom is -0.481 e. The summed E-state index contributed by atoms with van der Waals surface area (Å²) < 4.78 is 0. The van der Waals surface area contributed by atoms with E-state index in [9.17, 15) is 33.9 Å². The van der Waals surface area contributed by atoms with Crippen LogP contribution in [-0.4, -0.2) is 80.1 Å². The van der Waals surface area contributed by atoms with Gasteiger partial charge < -0.3 is 42.0 Å². The first-order valence-electron chi connectivity index (χ1n) is 12.7. The number of para-hydroxylation sites is 1. The van der Waals surface area contributed by atoms with E-state index in [1.54, 1.807) is 20.0 Å². The number of aromatic nitrogens is 1. The lowest BCUT2D eigenvalue weighted by atomic mass is 9.96. The van der Waals surface area contributed by atoms with Crippen LogP contribution in [0.25, 0.3) is 10.9 Å². The van der Waals surface area contributed by atoms with Gasteiger partial charge in [0.1, 0.15) is 18.1 Å². The molecule has 40 heavy (non-hydrogen) atoms. The highest BCUT2D eigenvalue weighted by Gasteiger charge is 2.33. The van der Waals surface area contributed by atoms with Crippen molar-refractivity contribution in [1.82, 2.24) is 20.9 Å². The van der Waals surface area contributed by atoms with Crippen LogP contribution in [0, 0.1) is 5.92 Å². The molecule has 1 aromatic carbocycles. The summed E-state index contributed by atoms with van der Waals surface area (Å²) in [5.41, 5.74) is 7.84. The fourth-order valence-electron chi connectivity index (χ4n) is 4.04. The number of carbonyl (C=O) groups is 6. The molecule has 9 N–H and O–H groups in total. The Bertz CT molecular complexity index is 1240. The molecule has 0 spiro atoms. The number of benzene rings is 1. The Morgan fingerprint density at radius 2 is 1.55 bits per heavy atom. The summed E-state index contributed by atoms with van der Waals surface area (Å²) in [5.74, 6) is -7.31. The predicted octanol–water partition coefficient (Wildman–Crippen LogP) is -0.0377. The molecule has 0 radical (unpaired) electrons. The maximum atomic E-state index is 13.2. The van der Waals surface area contributed by atoms with Crippen molar-refractivity contribution in [1.29, 1.82) is 0 Å². The lowest BCUT2D eigenvalue weighted by molar-refractivity contribution is -0.147. The first-order valence-corrected chi connectivity index (χ1v) is 12.7. The zero-order chi connectivity index (χ0) is 30.0. The molecule has 2 rings (SSSR count). The van der Waals surface area contributed by atoms with Gasteiger partial charge in [-0.3, -0.25) is 24.0 Å². The number of aliphatic carboxylic acids is 3. The number of amides is 3. The van der Waals surface area contributed by atoms with E-state index >= 15 is 0 Å². The predicted molar refractivity (Wildman–Crippen MR) is 142 cm³/mol. The molecule has 0 bridgehead atoms. The van der Waals surface area contributed by atoms with Gasteiger partial charge in [0, 0.05) is 23.5 Å². The summed E-state index contributed by atoms with van der Waals surface area (Å²) in [6.45, 7) is 3.47. The minimum absolute atomic E-state index is 0.175. The third-order valence-corrected chi connectivity index (χ3v) is 6.52. The molecule has 14 nitrogen and oxygen atoms in total. The van der Waals surface area contributed by atoms with Crippen LogP contribution >= 0.6 is 0 Å². The van der Waals surface area contributed by atoms with E-state index in [1.165, 1.54) is 0 Å². The molecule has 0 fully saturated rings. The highest BCUT2D eigenvalue weighted by Crippen LogP contribution is 2.19. The summed E-state index contributed by atoms with van der Waals surface area (Å²) in [5, 5.41) is 35.1. The number of nitrogens with two attached hydrogens (primary N) is 1. The SMILES string of the molecule is CCC(C)C(NC(=O)C(N)Cc1c[nH]c2ccccc12)C(=O)NC(CCC(=O)O)C(=O)NC(CC(=O)O)C(=O)O. The van der Waals surface area contributed by atoms with E-state index in [0.29, 0.717) is 6.42 Å². The first-order chi connectivity index (χ1) is 18.8. The van der Waals surface area contributed by atoms with Crippen molar-refractivity contribution in [2.45, 2.75) is 70.1 Å². The number of nitrogens with one attached hydrogen (secondary N) is 4. The molecule has 0 aliphatic heterocycles. The van der Waals surface area contributed by atoms with Gasteiger partial charge >= 0.3 is 17.9 Å². The second kappa shape index (κ2) is 14.6. The quantitative estimate of drug-likeness (QED) is 0.136. The zero-order valence-electron chi connectivity index (χ0n) is 22.2. The number of fused-ring (bicyclic) bond motifs is 1. The van der Waals surface area contributed by atoms with Gasteiger partial charge in [-0.25, -0.2) is 4.79 Å². The highest BCUT2D eigenvalue weighted by atomic mass is 16.4. The van der Waals surface area contributed by atoms with Gasteiger partial charge in [0.05, 0.1) is 12.5 Å². The maximum absolute atomic E-state index is 13.2. The number of carbonyl (C=O) groups excluding carboxylic acids is 3. The van der Waals surface area contributed by atoms with E-state index in [-0.39, 0.29) is 6.42 Å². The molecule has 0 saturated carbocycles. The molecule has 1 heterocycles. The molecule has 0 aliphatic rings. The average molecular weight is 562 g/mol. The van der Waals surface area contributed by atoms with Gasteiger partial charge in [-0.15, -0.1) is 0 Å². The van der Waals surface area contributed by atoms with E-state index in [0.717, 1.165) is 16.5 Å². The van der Waals surface area contributed by atoms with Crippen molar-refractivity contribution in [3.05, 3.63) is 36.0 Å². The molecule has 1 aromatic heterocycles. The van der Waals surface area contributed by atoms with Crippen molar-refractivity contribution in [3.8, 4) is 0 Å². The zero-order valence-corrected chi connectivity index (χ0v) is 22.2. The summed E-state index contributed by atoms with van der Waals surface area (Å²) in [4.78, 5) is 75.6. The smallest absolute Gasteiger partial charge is 0.326 e. The Kier molecular flexibility index (Phi) is 11.6. The van der Waals surface area contributed by atoms with Gasteiger partial charge in [-0.2, -0.15) is 0 Å². The molecule has 3 amide bonds. The summed E-state index contributed by atoms with van der Waals surface area (Å²) >= 11 is 0. The number of carboxylic acid groups (broad SMARTS) is 3. The molecule has 5 unspecified atom stereocenters. The maximum Gasteiger partial charge on any atom is 0.326 e. The topological polar surface area (TPSA) is 241 Å². The molecule has 14 heteroatoms. The Morgan fingerprint density at radius 1 is 0.900 bits per heavy atom. The summed E-state index contributed by atoms with van der Waals surface area (Å²) in [6.07, 6.45) is 0.478. The van der Waals surface area contributed by atoms with Crippen LogP contribution in [0.5, 0.6) is 0 Å². The third-order valence-electron chi connectivity index (χ3n) is 6.52. The van der Waals surface area contributed by atoms with Gasteiger partial charge in [0.25, 0.3) is 0 Å². The van der Waals surface area contributed by atoms with Gasteiger partial charge in [0.15, 0.2) is 0 Å². The second-order valence-corrected chi connectivity index (χ2v) is 9.53. The Hall–Kier alpha value is -4.46. The van der Waals surface area contributed by atoms with Gasteiger partial charge in [-0.1, -0.05) is 38.5 Å². The standard InChI is InChI=1S/C26H35N5O9/c1-3-13(2)22(31-23(36)16(27)10-14-12-28-17-7-5-4-6-15(14)17)25(38)29-18(8-9-20(32)33)24(37)30-19(26(39)40)11-21(34)35/h4-7,12-13,16,18-19,22,28H,3,8-11,27H2,1-2H3,(H,29,38)(H,30,37)(H,31,36)(H,32,33)(H,34,35)(H,39,40). The van der Waals surface area contributed by atoms with E-state index in [2.05, 4.69) is 15.6 Å². The van der Waals surface area contributed by atoms with Crippen LogP contribution in [0.1, 0.15) is 45.1 Å². The van der Waals surface area contributed by atoms with Gasteiger partial charge in [-0.05, 0) is 30.4 Å². The Morgan fingerprint density at radius 3 is 2.15 bits per heavy atom. The van der Waals surface area contributed by atoms with Crippen LogP contribution in [0.4, 0.5) is 0 Å². The number of aromatic amines is 1. The lowest BCUT2D eigenvalue weighted by Gasteiger charge is -2.27. The van der Waals surface area contributed by atoms with Crippen molar-refractivity contribution in [2.75, 3.05) is 0 Å². The molecule has 218 valence electrons. The molecule has 0 aliphatic carbocycles. The van der Waals surface area contributed by atoms with Crippen LogP contribution < -0.4 is 21.7 Å². The molecule has 5 atom stereocenters. The normalized spacial score (nSPS) is 14.8. The largest absolute Gasteiger partial charge is 0.481 e. The number of carboxylic acids is 3. The third kappa shape index (κ3) is 9.08.